The van der Waals surface area contributed by atoms with Gasteiger partial charge in [-0.1, -0.05) is 22.8 Å². The molecule has 0 spiro atoms. The number of hydrogen-bond donors (Lipinski definition) is 1. The Labute approximate surface area is 180 Å². The highest BCUT2D eigenvalue weighted by atomic mass is 127. The number of aromatic nitrogens is 2. The number of hydrogen-bond acceptors (Lipinski definition) is 5. The fourth-order valence-corrected chi connectivity index (χ4v) is 3.15. The van der Waals surface area contributed by atoms with Crippen LogP contribution in [0.5, 0.6) is 0 Å². The van der Waals surface area contributed by atoms with Gasteiger partial charge in [0.25, 0.3) is 0 Å². The van der Waals surface area contributed by atoms with Gasteiger partial charge in [0.1, 0.15) is 5.82 Å². The Kier molecular flexibility index (Phi) is 8.24. The van der Waals surface area contributed by atoms with Crippen LogP contribution in [-0.2, 0) is 13.1 Å². The fourth-order valence-electron chi connectivity index (χ4n) is 2.93. The lowest BCUT2D eigenvalue weighted by molar-refractivity contribution is 0.171. The molecule has 0 bridgehead atoms. The summed E-state index contributed by atoms with van der Waals surface area (Å²) in [7, 11) is 1.75. The average Bonchev–Trinajstić information content (AvgIpc) is 3.05. The van der Waals surface area contributed by atoms with Crippen LogP contribution in [-0.4, -0.2) is 59.1 Å². The van der Waals surface area contributed by atoms with Gasteiger partial charge < -0.3 is 14.7 Å². The Hall–Kier alpha value is -1.46. The average molecular weight is 509 g/mol. The van der Waals surface area contributed by atoms with Crippen molar-refractivity contribution in [1.82, 2.24) is 25.3 Å². The predicted molar refractivity (Wildman–Crippen MR) is 113 cm³/mol. The van der Waals surface area contributed by atoms with Gasteiger partial charge in [0.2, 0.25) is 5.89 Å². The van der Waals surface area contributed by atoms with E-state index in [1.54, 1.807) is 26.1 Å². The summed E-state index contributed by atoms with van der Waals surface area (Å²) in [5.41, 5.74) is 0.553. The lowest BCUT2D eigenvalue weighted by Gasteiger charge is -2.36. The van der Waals surface area contributed by atoms with Gasteiger partial charge in [0.05, 0.1) is 6.54 Å². The van der Waals surface area contributed by atoms with E-state index in [-0.39, 0.29) is 29.8 Å². The molecule has 0 unspecified atom stereocenters. The first-order valence-corrected chi connectivity index (χ1v) is 8.84. The van der Waals surface area contributed by atoms with Crippen LogP contribution in [0, 0.1) is 12.7 Å². The second-order valence-electron chi connectivity index (χ2n) is 6.09. The molecule has 0 radical (unpaired) electrons. The van der Waals surface area contributed by atoms with E-state index >= 15 is 0 Å². The molecule has 1 aliphatic heterocycles. The van der Waals surface area contributed by atoms with E-state index < -0.39 is 0 Å². The topological polar surface area (TPSA) is 69.8 Å². The van der Waals surface area contributed by atoms with Crippen molar-refractivity contribution in [2.75, 3.05) is 33.2 Å². The fraction of sp³-hybridized carbons (Fsp3) is 0.471. The molecule has 148 valence electrons. The second kappa shape index (κ2) is 10.2. The maximum absolute atomic E-state index is 14.0. The molecule has 10 heteroatoms. The first-order chi connectivity index (χ1) is 12.6. The van der Waals surface area contributed by atoms with Crippen LogP contribution in [0.25, 0.3) is 0 Å². The Morgan fingerprint density at radius 3 is 2.67 bits per heavy atom. The molecule has 1 fully saturated rings. The summed E-state index contributed by atoms with van der Waals surface area (Å²) >= 11 is 6.13. The SMILES string of the molecule is CN=C(NCc1noc(C)n1)N1CCN(Cc2c(F)cccc2Cl)CC1.I. The highest BCUT2D eigenvalue weighted by Crippen LogP contribution is 2.21. The number of aryl methyl sites for hydroxylation is 1. The summed E-state index contributed by atoms with van der Waals surface area (Å²) in [5, 5.41) is 7.58. The van der Waals surface area contributed by atoms with E-state index in [1.165, 1.54) is 6.07 Å². The van der Waals surface area contributed by atoms with Crippen molar-refractivity contribution in [2.24, 2.45) is 4.99 Å². The number of benzene rings is 1. The van der Waals surface area contributed by atoms with E-state index in [1.807, 2.05) is 0 Å². The van der Waals surface area contributed by atoms with Gasteiger partial charge in [-0.2, -0.15) is 4.98 Å². The molecule has 1 aromatic heterocycles. The maximum Gasteiger partial charge on any atom is 0.223 e. The third-order valence-corrected chi connectivity index (χ3v) is 4.66. The van der Waals surface area contributed by atoms with Crippen molar-refractivity contribution in [1.29, 1.82) is 0 Å². The molecular weight excluding hydrogens is 486 g/mol. The van der Waals surface area contributed by atoms with Crippen LogP contribution in [0.2, 0.25) is 5.02 Å². The zero-order valence-corrected chi connectivity index (χ0v) is 18.4. The number of nitrogens with one attached hydrogen (secondary N) is 1. The molecule has 1 saturated heterocycles. The number of aliphatic imine (C=N–C) groups is 1. The van der Waals surface area contributed by atoms with Gasteiger partial charge in [0.15, 0.2) is 11.8 Å². The third-order valence-electron chi connectivity index (χ3n) is 4.30. The minimum Gasteiger partial charge on any atom is -0.349 e. The molecule has 2 aromatic rings. The number of rotatable bonds is 4. The number of nitrogens with zero attached hydrogens (tertiary/aromatic N) is 5. The minimum absolute atomic E-state index is 0. The molecule has 0 amide bonds. The van der Waals surface area contributed by atoms with Crippen LogP contribution in [0.3, 0.4) is 0 Å². The van der Waals surface area contributed by atoms with Crippen LogP contribution in [0.4, 0.5) is 4.39 Å². The molecule has 7 nitrogen and oxygen atoms in total. The highest BCUT2D eigenvalue weighted by Gasteiger charge is 2.21. The number of guanidine groups is 1. The van der Waals surface area contributed by atoms with Crippen molar-refractivity contribution in [2.45, 2.75) is 20.0 Å². The number of halogens is 3. The molecule has 1 aliphatic rings. The minimum atomic E-state index is -0.257. The number of piperazine rings is 1. The first kappa shape index (κ1) is 21.8. The van der Waals surface area contributed by atoms with Crippen LogP contribution in [0.1, 0.15) is 17.3 Å². The van der Waals surface area contributed by atoms with Crippen molar-refractivity contribution in [3.63, 3.8) is 0 Å². The third kappa shape index (κ3) is 5.76. The zero-order chi connectivity index (χ0) is 18.5. The second-order valence-corrected chi connectivity index (χ2v) is 6.50. The highest BCUT2D eigenvalue weighted by molar-refractivity contribution is 14.0. The van der Waals surface area contributed by atoms with Crippen LogP contribution in [0.15, 0.2) is 27.7 Å². The molecule has 0 atom stereocenters. The molecule has 1 aromatic carbocycles. The Bertz CT molecular complexity index is 758. The smallest absolute Gasteiger partial charge is 0.223 e. The molecule has 0 saturated carbocycles. The lowest BCUT2D eigenvalue weighted by atomic mass is 10.2. The van der Waals surface area contributed by atoms with Crippen molar-refractivity contribution in [3.05, 3.63) is 46.3 Å². The summed E-state index contributed by atoms with van der Waals surface area (Å²) in [6, 6.07) is 4.80. The van der Waals surface area contributed by atoms with E-state index in [0.717, 1.165) is 32.1 Å². The standard InChI is InChI=1S/C17H22ClFN6O.HI/c1-12-22-16(23-26-12)10-21-17(20-2)25-8-6-24(7-9-25)11-13-14(18)4-3-5-15(13)19;/h3-5H,6-11H2,1-2H3,(H,20,21);1H. The molecule has 27 heavy (non-hydrogen) atoms. The van der Waals surface area contributed by atoms with E-state index in [9.17, 15) is 4.39 Å². The normalized spacial score (nSPS) is 15.6. The summed E-state index contributed by atoms with van der Waals surface area (Å²) in [6.45, 7) is 5.89. The van der Waals surface area contributed by atoms with E-state index in [0.29, 0.717) is 35.4 Å². The molecule has 2 heterocycles. The molecule has 0 aliphatic carbocycles. The Balaban J connectivity index is 0.00000261. The molecular formula is C17H23ClFIN6O. The van der Waals surface area contributed by atoms with Crippen LogP contribution < -0.4 is 5.32 Å². The summed E-state index contributed by atoms with van der Waals surface area (Å²) in [4.78, 5) is 12.8. The van der Waals surface area contributed by atoms with Crippen molar-refractivity contribution in [3.8, 4) is 0 Å². The van der Waals surface area contributed by atoms with Gasteiger partial charge in [0, 0.05) is 57.3 Å². The van der Waals surface area contributed by atoms with Gasteiger partial charge in [-0.15, -0.1) is 24.0 Å². The van der Waals surface area contributed by atoms with Gasteiger partial charge >= 0.3 is 0 Å². The Morgan fingerprint density at radius 1 is 1.33 bits per heavy atom. The summed E-state index contributed by atoms with van der Waals surface area (Å²) in [6.07, 6.45) is 0. The summed E-state index contributed by atoms with van der Waals surface area (Å²) in [5.74, 6) is 1.66. The van der Waals surface area contributed by atoms with E-state index in [4.69, 9.17) is 16.1 Å². The van der Waals surface area contributed by atoms with Crippen molar-refractivity contribution < 1.29 is 8.91 Å². The largest absolute Gasteiger partial charge is 0.349 e. The van der Waals surface area contributed by atoms with Crippen molar-refractivity contribution >= 4 is 41.5 Å². The molecule has 1 N–H and O–H groups in total. The van der Waals surface area contributed by atoms with Gasteiger partial charge in [-0.05, 0) is 12.1 Å². The van der Waals surface area contributed by atoms with Gasteiger partial charge in [-0.3, -0.25) is 9.89 Å². The summed E-state index contributed by atoms with van der Waals surface area (Å²) < 4.78 is 18.9. The first-order valence-electron chi connectivity index (χ1n) is 8.47. The van der Waals surface area contributed by atoms with Crippen LogP contribution >= 0.6 is 35.6 Å². The lowest BCUT2D eigenvalue weighted by Crippen LogP contribution is -2.52. The van der Waals surface area contributed by atoms with Gasteiger partial charge in [-0.25, -0.2) is 4.39 Å². The zero-order valence-electron chi connectivity index (χ0n) is 15.3. The quantitative estimate of drug-likeness (QED) is 0.389. The predicted octanol–water partition coefficient (Wildman–Crippen LogP) is 2.68. The molecule has 3 rings (SSSR count). The monoisotopic (exact) mass is 508 g/mol. The Morgan fingerprint density at radius 2 is 2.07 bits per heavy atom. The maximum atomic E-state index is 14.0. The van der Waals surface area contributed by atoms with E-state index in [2.05, 4.69) is 30.2 Å².